The molecule has 0 heterocycles. The zero-order chi connectivity index (χ0) is 17.1. The summed E-state index contributed by atoms with van der Waals surface area (Å²) in [4.78, 5) is 47.7. The van der Waals surface area contributed by atoms with Crippen molar-refractivity contribution in [2.24, 2.45) is 9.98 Å². The minimum Gasteiger partial charge on any atom is -0.492 e. The van der Waals surface area contributed by atoms with Gasteiger partial charge in [-0.1, -0.05) is 0 Å². The fourth-order valence-electron chi connectivity index (χ4n) is 1.50. The summed E-state index contributed by atoms with van der Waals surface area (Å²) in [5, 5.41) is 10.9. The van der Waals surface area contributed by atoms with Gasteiger partial charge in [-0.15, -0.1) is 0 Å². The molecule has 10 nitrogen and oxygen atoms in total. The Hall–Kier alpha value is -3.35. The fourth-order valence-corrected chi connectivity index (χ4v) is 1.50. The van der Waals surface area contributed by atoms with Crippen molar-refractivity contribution in [3.05, 3.63) is 33.9 Å². The van der Waals surface area contributed by atoms with Crippen molar-refractivity contribution in [3.8, 4) is 5.75 Å². The van der Waals surface area contributed by atoms with Crippen molar-refractivity contribution in [1.82, 2.24) is 0 Å². The Balaban J connectivity index is 2.79. The molecule has 1 rings (SSSR count). The van der Waals surface area contributed by atoms with Crippen molar-refractivity contribution in [2.45, 2.75) is 6.61 Å². The standard InChI is InChI=1S/C13H11N3O7/c17-8-14-3-4-22-11-1-2-12(16(20)21)10(5-11)7-23-13(19)6-15-9-18/h1-2,5H,3-4,6-7H2. The third-order valence-corrected chi connectivity index (χ3v) is 2.45. The van der Waals surface area contributed by atoms with Crippen LogP contribution >= 0.6 is 0 Å². The van der Waals surface area contributed by atoms with E-state index in [-0.39, 0.29) is 36.8 Å². The number of benzene rings is 1. The van der Waals surface area contributed by atoms with Crippen molar-refractivity contribution in [3.63, 3.8) is 0 Å². The molecule has 0 spiro atoms. The molecule has 0 unspecified atom stereocenters. The van der Waals surface area contributed by atoms with Crippen molar-refractivity contribution in [1.29, 1.82) is 0 Å². The highest BCUT2D eigenvalue weighted by Gasteiger charge is 2.16. The first-order valence-corrected chi connectivity index (χ1v) is 6.21. The van der Waals surface area contributed by atoms with Gasteiger partial charge in [0.1, 0.15) is 25.5 Å². The topological polar surface area (TPSA) is 138 Å². The van der Waals surface area contributed by atoms with Gasteiger partial charge in [0, 0.05) is 6.07 Å². The number of esters is 1. The van der Waals surface area contributed by atoms with Gasteiger partial charge in [-0.3, -0.25) is 14.9 Å². The number of carbonyl (C=O) groups is 1. The SMILES string of the molecule is O=C=NCCOc1ccc([N+](=O)[O-])c(COC(=O)CN=C=O)c1. The van der Waals surface area contributed by atoms with E-state index in [2.05, 4.69) is 9.98 Å². The first-order chi connectivity index (χ1) is 11.1. The average Bonchev–Trinajstić information content (AvgIpc) is 2.54. The number of hydrogen-bond donors (Lipinski definition) is 0. The number of nitro benzene ring substituents is 1. The number of carbonyl (C=O) groups excluding carboxylic acids is 3. The fraction of sp³-hybridized carbons (Fsp3) is 0.308. The summed E-state index contributed by atoms with van der Waals surface area (Å²) in [6.07, 6.45) is 2.53. The first-order valence-electron chi connectivity index (χ1n) is 6.21. The van der Waals surface area contributed by atoms with E-state index in [4.69, 9.17) is 9.47 Å². The predicted molar refractivity (Wildman–Crippen MR) is 74.4 cm³/mol. The monoisotopic (exact) mass is 321 g/mol. The minimum absolute atomic E-state index is 0.0837. The van der Waals surface area contributed by atoms with E-state index in [0.717, 1.165) is 0 Å². The molecule has 10 heteroatoms. The van der Waals surface area contributed by atoms with Gasteiger partial charge in [-0.05, 0) is 12.1 Å². The van der Waals surface area contributed by atoms with Gasteiger partial charge in [-0.25, -0.2) is 14.6 Å². The van der Waals surface area contributed by atoms with Crippen LogP contribution in [0.5, 0.6) is 5.75 Å². The summed E-state index contributed by atoms with van der Waals surface area (Å²) in [7, 11) is 0. The molecular weight excluding hydrogens is 310 g/mol. The molecule has 0 atom stereocenters. The van der Waals surface area contributed by atoms with Crippen molar-refractivity contribution < 1.29 is 28.8 Å². The van der Waals surface area contributed by atoms with Gasteiger partial charge in [0.05, 0.1) is 17.0 Å². The Kier molecular flexibility index (Phi) is 7.36. The average molecular weight is 321 g/mol. The molecule has 1 aromatic rings. The van der Waals surface area contributed by atoms with Crippen LogP contribution in [0.1, 0.15) is 5.56 Å². The maximum Gasteiger partial charge on any atom is 0.328 e. The van der Waals surface area contributed by atoms with Crippen LogP contribution in [0.25, 0.3) is 0 Å². The quantitative estimate of drug-likeness (QED) is 0.163. The number of isocyanates is 2. The number of rotatable bonds is 9. The van der Waals surface area contributed by atoms with Crippen LogP contribution < -0.4 is 4.74 Å². The number of nitrogens with zero attached hydrogens (tertiary/aromatic N) is 3. The van der Waals surface area contributed by atoms with E-state index >= 15 is 0 Å². The zero-order valence-electron chi connectivity index (χ0n) is 11.8. The van der Waals surface area contributed by atoms with E-state index < -0.39 is 17.4 Å². The van der Waals surface area contributed by atoms with Crippen LogP contribution in [0.2, 0.25) is 0 Å². The van der Waals surface area contributed by atoms with E-state index in [1.54, 1.807) is 0 Å². The Bertz CT molecular complexity index is 676. The molecule has 0 aromatic heterocycles. The van der Waals surface area contributed by atoms with Crippen molar-refractivity contribution >= 4 is 23.8 Å². The second kappa shape index (κ2) is 9.56. The second-order valence-electron chi connectivity index (χ2n) is 3.94. The molecule has 0 radical (unpaired) electrons. The van der Waals surface area contributed by atoms with Gasteiger partial charge in [0.25, 0.3) is 5.69 Å². The predicted octanol–water partition coefficient (Wildman–Crippen LogP) is 0.688. The Morgan fingerprint density at radius 1 is 1.26 bits per heavy atom. The molecule has 0 aliphatic heterocycles. The lowest BCUT2D eigenvalue weighted by Gasteiger charge is -2.08. The van der Waals surface area contributed by atoms with Gasteiger partial charge >= 0.3 is 5.97 Å². The van der Waals surface area contributed by atoms with Crippen LogP contribution in [0.3, 0.4) is 0 Å². The molecule has 0 amide bonds. The maximum atomic E-state index is 11.2. The molecular formula is C13H11N3O7. The molecule has 0 N–H and O–H groups in total. The molecule has 23 heavy (non-hydrogen) atoms. The summed E-state index contributed by atoms with van der Waals surface area (Å²) in [6.45, 7) is -0.723. The summed E-state index contributed by atoms with van der Waals surface area (Å²) in [5.41, 5.74) is -0.148. The molecule has 0 aliphatic carbocycles. The Morgan fingerprint density at radius 2 is 2.00 bits per heavy atom. The van der Waals surface area contributed by atoms with Crippen LogP contribution in [-0.2, 0) is 25.7 Å². The third-order valence-electron chi connectivity index (χ3n) is 2.45. The maximum absolute atomic E-state index is 11.2. The molecule has 0 fully saturated rings. The summed E-state index contributed by atoms with van der Waals surface area (Å²) in [6, 6.07) is 3.90. The molecule has 1 aromatic carbocycles. The highest BCUT2D eigenvalue weighted by atomic mass is 16.6. The van der Waals surface area contributed by atoms with E-state index in [1.165, 1.54) is 30.4 Å². The zero-order valence-corrected chi connectivity index (χ0v) is 11.8. The molecule has 0 saturated carbocycles. The van der Waals surface area contributed by atoms with Gasteiger partial charge in [0.2, 0.25) is 12.2 Å². The lowest BCUT2D eigenvalue weighted by atomic mass is 10.2. The number of ether oxygens (including phenoxy) is 2. The normalized spacial score (nSPS) is 9.22. The first kappa shape index (κ1) is 17.7. The number of nitro groups is 1. The van der Waals surface area contributed by atoms with Crippen molar-refractivity contribution in [2.75, 3.05) is 19.7 Å². The van der Waals surface area contributed by atoms with Crippen LogP contribution in [0, 0.1) is 10.1 Å². The second-order valence-corrected chi connectivity index (χ2v) is 3.94. The summed E-state index contributed by atoms with van der Waals surface area (Å²) < 4.78 is 10.0. The van der Waals surface area contributed by atoms with Gasteiger partial charge < -0.3 is 9.47 Å². The van der Waals surface area contributed by atoms with Crippen LogP contribution in [0.4, 0.5) is 5.69 Å². The summed E-state index contributed by atoms with van der Waals surface area (Å²) in [5.74, 6) is -0.539. The lowest BCUT2D eigenvalue weighted by molar-refractivity contribution is -0.385. The minimum atomic E-state index is -0.825. The van der Waals surface area contributed by atoms with E-state index in [9.17, 15) is 24.5 Å². The van der Waals surface area contributed by atoms with E-state index in [0.29, 0.717) is 0 Å². The lowest BCUT2D eigenvalue weighted by Crippen LogP contribution is -2.09. The molecule has 0 aliphatic rings. The van der Waals surface area contributed by atoms with Crippen LogP contribution in [-0.4, -0.2) is 42.7 Å². The number of hydrogen-bond acceptors (Lipinski definition) is 9. The molecule has 120 valence electrons. The highest BCUT2D eigenvalue weighted by Crippen LogP contribution is 2.25. The highest BCUT2D eigenvalue weighted by molar-refractivity contribution is 5.72. The number of aliphatic imine (C=N–C) groups is 2. The largest absolute Gasteiger partial charge is 0.492 e. The smallest absolute Gasteiger partial charge is 0.328 e. The molecule has 0 saturated heterocycles. The Labute approximate surface area is 129 Å². The summed E-state index contributed by atoms with van der Waals surface area (Å²) >= 11 is 0. The van der Waals surface area contributed by atoms with E-state index in [1.807, 2.05) is 0 Å². The third kappa shape index (κ3) is 6.30. The van der Waals surface area contributed by atoms with Crippen LogP contribution in [0.15, 0.2) is 28.2 Å². The Morgan fingerprint density at radius 3 is 2.65 bits per heavy atom. The molecule has 0 bridgehead atoms. The van der Waals surface area contributed by atoms with Gasteiger partial charge in [-0.2, -0.15) is 4.99 Å². The van der Waals surface area contributed by atoms with Gasteiger partial charge in [0.15, 0.2) is 0 Å².